The third kappa shape index (κ3) is 3.84. The fourth-order valence-electron chi connectivity index (χ4n) is 1.82. The minimum atomic E-state index is -1.44. The van der Waals surface area contributed by atoms with Crippen molar-refractivity contribution in [1.29, 1.82) is 0 Å². The lowest BCUT2D eigenvalue weighted by molar-refractivity contribution is 0.555. The van der Waals surface area contributed by atoms with E-state index in [0.29, 0.717) is 0 Å². The highest BCUT2D eigenvalue weighted by atomic mass is 28.3. The van der Waals surface area contributed by atoms with Crippen LogP contribution in [0, 0.1) is 0 Å². The molecule has 0 bridgehead atoms. The average Bonchev–Trinajstić information content (AvgIpc) is 2.90. The molecule has 100 valence electrons. The van der Waals surface area contributed by atoms with Crippen LogP contribution in [0.25, 0.3) is 6.08 Å². The molecule has 2 unspecified atom stereocenters. The van der Waals surface area contributed by atoms with Gasteiger partial charge in [-0.1, -0.05) is 23.9 Å². The Labute approximate surface area is 115 Å². The van der Waals surface area contributed by atoms with Crippen molar-refractivity contribution >= 4 is 15.1 Å². The van der Waals surface area contributed by atoms with Gasteiger partial charge < -0.3 is 14.6 Å². The average molecular weight is 273 g/mol. The van der Waals surface area contributed by atoms with Gasteiger partial charge in [-0.15, -0.1) is 0 Å². The number of hydrogen-bond acceptors (Lipinski definition) is 3. The molecular weight excluding hydrogens is 254 g/mol. The summed E-state index contributed by atoms with van der Waals surface area (Å²) in [6, 6.07) is 11.7. The van der Waals surface area contributed by atoms with E-state index in [9.17, 15) is 0 Å². The zero-order chi connectivity index (χ0) is 13.7. The number of nitrogens with two attached hydrogens (primary N) is 1. The van der Waals surface area contributed by atoms with Crippen molar-refractivity contribution in [1.82, 2.24) is 0 Å². The topological polar surface area (TPSA) is 48.4 Å². The summed E-state index contributed by atoms with van der Waals surface area (Å²) in [6.45, 7) is 4.09. The fourth-order valence-corrected chi connectivity index (χ4v) is 2.97. The molecule has 1 heterocycles. The zero-order valence-corrected chi connectivity index (χ0v) is 12.4. The Bertz CT molecular complexity index is 535. The number of hydrogen-bond donors (Lipinski definition) is 1. The van der Waals surface area contributed by atoms with Crippen LogP contribution in [0.1, 0.15) is 24.3 Å². The molecule has 1 aromatic carbocycles. The molecule has 0 amide bonds. The summed E-state index contributed by atoms with van der Waals surface area (Å²) in [5, 5.41) is 0. The van der Waals surface area contributed by atoms with E-state index in [1.165, 1.54) is 0 Å². The molecule has 3 nitrogen and oxygen atoms in total. The molecule has 0 saturated carbocycles. The predicted molar refractivity (Wildman–Crippen MR) is 80.4 cm³/mol. The lowest BCUT2D eigenvalue weighted by Gasteiger charge is -2.16. The van der Waals surface area contributed by atoms with Gasteiger partial charge in [0.1, 0.15) is 11.5 Å². The second-order valence-corrected chi connectivity index (χ2v) is 6.55. The van der Waals surface area contributed by atoms with E-state index in [2.05, 4.69) is 12.2 Å². The quantitative estimate of drug-likeness (QED) is 0.850. The molecule has 0 radical (unpaired) electrons. The lowest BCUT2D eigenvalue weighted by atomic mass is 10.1. The van der Waals surface area contributed by atoms with E-state index in [0.717, 1.165) is 17.1 Å². The summed E-state index contributed by atoms with van der Waals surface area (Å²) in [5.74, 6) is 1.74. The van der Waals surface area contributed by atoms with Crippen LogP contribution >= 0.6 is 0 Å². The smallest absolute Gasteiger partial charge is 0.257 e. The van der Waals surface area contributed by atoms with E-state index in [4.69, 9.17) is 14.6 Å². The highest BCUT2D eigenvalue weighted by Gasteiger charge is 2.09. The molecule has 4 heteroatoms. The monoisotopic (exact) mass is 273 g/mol. The van der Waals surface area contributed by atoms with Crippen LogP contribution in [0.15, 0.2) is 52.8 Å². The summed E-state index contributed by atoms with van der Waals surface area (Å²) in [7, 11) is -1.44. The molecule has 0 fully saturated rings. The van der Waals surface area contributed by atoms with Crippen molar-refractivity contribution < 1.29 is 8.84 Å². The van der Waals surface area contributed by atoms with Crippen molar-refractivity contribution in [3.05, 3.63) is 59.7 Å². The van der Waals surface area contributed by atoms with Gasteiger partial charge in [-0.25, -0.2) is 0 Å². The van der Waals surface area contributed by atoms with Gasteiger partial charge in [-0.05, 0) is 37.7 Å². The van der Waals surface area contributed by atoms with Crippen molar-refractivity contribution in [2.75, 3.05) is 0 Å². The summed E-state index contributed by atoms with van der Waals surface area (Å²) >= 11 is 0. The molecule has 0 spiro atoms. The van der Waals surface area contributed by atoms with Crippen LogP contribution < -0.4 is 10.2 Å². The van der Waals surface area contributed by atoms with E-state index in [1.54, 1.807) is 6.26 Å². The Kier molecular flexibility index (Phi) is 4.60. The number of rotatable bonds is 5. The van der Waals surface area contributed by atoms with Gasteiger partial charge in [0.25, 0.3) is 9.04 Å². The zero-order valence-electron chi connectivity index (χ0n) is 11.2. The lowest BCUT2D eigenvalue weighted by Crippen LogP contribution is -2.17. The number of benzene rings is 1. The Morgan fingerprint density at radius 3 is 2.74 bits per heavy atom. The first-order chi connectivity index (χ1) is 9.16. The fraction of sp³-hybridized carbons (Fsp3) is 0.200. The first-order valence-corrected chi connectivity index (χ1v) is 8.69. The Hall–Kier alpha value is -1.78. The molecule has 0 aliphatic rings. The summed E-state index contributed by atoms with van der Waals surface area (Å²) < 4.78 is 11.3. The second kappa shape index (κ2) is 6.40. The normalized spacial score (nSPS) is 14.5. The van der Waals surface area contributed by atoms with Crippen LogP contribution in [-0.2, 0) is 0 Å². The van der Waals surface area contributed by atoms with Gasteiger partial charge in [0.05, 0.1) is 6.26 Å². The Morgan fingerprint density at radius 1 is 1.26 bits per heavy atom. The summed E-state index contributed by atoms with van der Waals surface area (Å²) in [6.07, 6.45) is 3.63. The van der Waals surface area contributed by atoms with Gasteiger partial charge in [0.15, 0.2) is 0 Å². The standard InChI is InChI=1S/C15H19NO2Si/c1-12(16)14-7-3-4-8-15(14)18-19(2)11-9-13-6-5-10-17-13/h3-12,19H,16H2,1-2H3/b11-9+. The van der Waals surface area contributed by atoms with Gasteiger partial charge >= 0.3 is 0 Å². The highest BCUT2D eigenvalue weighted by Crippen LogP contribution is 2.23. The maximum Gasteiger partial charge on any atom is 0.257 e. The molecule has 0 aliphatic heterocycles. The molecule has 2 N–H and O–H groups in total. The number of para-hydroxylation sites is 1. The first kappa shape index (κ1) is 13.6. The van der Waals surface area contributed by atoms with E-state index in [1.807, 2.05) is 49.4 Å². The van der Waals surface area contributed by atoms with Crippen LogP contribution in [-0.4, -0.2) is 9.04 Å². The molecule has 0 saturated heterocycles. The SMILES string of the molecule is CC(N)c1ccccc1O[SiH](C)/C=C/c1ccco1. The van der Waals surface area contributed by atoms with Crippen LogP contribution in [0.3, 0.4) is 0 Å². The van der Waals surface area contributed by atoms with E-state index >= 15 is 0 Å². The maximum absolute atomic E-state index is 6.04. The molecule has 2 aromatic rings. The Balaban J connectivity index is 2.05. The van der Waals surface area contributed by atoms with Crippen molar-refractivity contribution in [2.24, 2.45) is 5.73 Å². The summed E-state index contributed by atoms with van der Waals surface area (Å²) in [5.41, 5.74) is 9.09. The van der Waals surface area contributed by atoms with Crippen molar-refractivity contribution in [2.45, 2.75) is 19.5 Å². The highest BCUT2D eigenvalue weighted by molar-refractivity contribution is 6.57. The predicted octanol–water partition coefficient (Wildman–Crippen LogP) is 3.28. The Morgan fingerprint density at radius 2 is 2.05 bits per heavy atom. The molecular formula is C15H19NO2Si. The van der Waals surface area contributed by atoms with E-state index < -0.39 is 9.04 Å². The van der Waals surface area contributed by atoms with Crippen molar-refractivity contribution in [3.8, 4) is 5.75 Å². The van der Waals surface area contributed by atoms with Crippen LogP contribution in [0.4, 0.5) is 0 Å². The van der Waals surface area contributed by atoms with Crippen LogP contribution in [0.5, 0.6) is 5.75 Å². The number of furan rings is 1. The molecule has 1 aromatic heterocycles. The molecule has 2 rings (SSSR count). The molecule has 19 heavy (non-hydrogen) atoms. The van der Waals surface area contributed by atoms with Crippen molar-refractivity contribution in [3.63, 3.8) is 0 Å². The minimum Gasteiger partial charge on any atom is -0.543 e. The minimum absolute atomic E-state index is 0.0218. The van der Waals surface area contributed by atoms with Gasteiger partial charge in [0.2, 0.25) is 0 Å². The first-order valence-electron chi connectivity index (χ1n) is 6.39. The van der Waals surface area contributed by atoms with Gasteiger partial charge in [0, 0.05) is 11.6 Å². The second-order valence-electron chi connectivity index (χ2n) is 4.52. The summed E-state index contributed by atoms with van der Waals surface area (Å²) in [4.78, 5) is 0. The third-order valence-corrected chi connectivity index (χ3v) is 4.16. The molecule has 2 atom stereocenters. The van der Waals surface area contributed by atoms with Gasteiger partial charge in [-0.3, -0.25) is 0 Å². The molecule has 0 aliphatic carbocycles. The largest absolute Gasteiger partial charge is 0.543 e. The van der Waals surface area contributed by atoms with E-state index in [-0.39, 0.29) is 6.04 Å². The maximum atomic E-state index is 6.04. The van der Waals surface area contributed by atoms with Crippen LogP contribution in [0.2, 0.25) is 6.55 Å². The third-order valence-electron chi connectivity index (χ3n) is 2.80. The van der Waals surface area contributed by atoms with Gasteiger partial charge in [-0.2, -0.15) is 0 Å².